The van der Waals surface area contributed by atoms with Crippen LogP contribution in [0.1, 0.15) is 0 Å². The summed E-state index contributed by atoms with van der Waals surface area (Å²) in [5.74, 6) is -0.00880. The van der Waals surface area contributed by atoms with Gasteiger partial charge in [-0.25, -0.2) is 0 Å². The van der Waals surface area contributed by atoms with Gasteiger partial charge in [0, 0.05) is 12.4 Å². The lowest BCUT2D eigenvalue weighted by Crippen LogP contribution is -2.04. The molecule has 0 amide bonds. The molecular formula is C6H9N2O2P. The fraction of sp³-hybridized carbons (Fsp3) is 0.667. The topological polar surface area (TPSA) is 43.2 Å². The van der Waals surface area contributed by atoms with Crippen LogP contribution in [-0.2, 0) is 9.47 Å². The molecule has 60 valence electrons. The van der Waals surface area contributed by atoms with E-state index in [0.717, 1.165) is 0 Å². The zero-order valence-electron chi connectivity index (χ0n) is 5.93. The van der Waals surface area contributed by atoms with E-state index in [0.29, 0.717) is 21.8 Å². The number of aliphatic imine (C=N–C) groups is 2. The van der Waals surface area contributed by atoms with Crippen molar-refractivity contribution in [1.82, 2.24) is 0 Å². The van der Waals surface area contributed by atoms with Gasteiger partial charge < -0.3 is 9.47 Å². The Balaban J connectivity index is 1.80. The average molecular weight is 172 g/mol. The van der Waals surface area contributed by atoms with Gasteiger partial charge in [0.2, 0.25) is 0 Å². The molecule has 0 spiro atoms. The fourth-order valence-corrected chi connectivity index (χ4v) is 1.95. The van der Waals surface area contributed by atoms with Crippen LogP contribution in [0.3, 0.4) is 0 Å². The smallest absolute Gasteiger partial charge is 0.168 e. The molecule has 5 heteroatoms. The lowest BCUT2D eigenvalue weighted by molar-refractivity contribution is 0.150. The summed E-state index contributed by atoms with van der Waals surface area (Å²) < 4.78 is 10.5. The normalized spacial score (nSPS) is 36.4. The second kappa shape index (κ2) is 3.39. The molecule has 0 saturated heterocycles. The molecule has 0 fully saturated rings. The molecule has 0 aromatic heterocycles. The maximum absolute atomic E-state index is 5.25. The zero-order valence-corrected chi connectivity index (χ0v) is 6.93. The Morgan fingerprint density at radius 2 is 1.64 bits per heavy atom. The second-order valence-electron chi connectivity index (χ2n) is 2.20. The number of rotatable bonds is 2. The molecule has 2 rings (SSSR count). The van der Waals surface area contributed by atoms with Crippen molar-refractivity contribution in [2.45, 2.75) is 11.9 Å². The van der Waals surface area contributed by atoms with Crippen LogP contribution < -0.4 is 0 Å². The van der Waals surface area contributed by atoms with Gasteiger partial charge in [-0.1, -0.05) is 0 Å². The van der Waals surface area contributed by atoms with E-state index in [9.17, 15) is 0 Å². The third-order valence-electron chi connectivity index (χ3n) is 1.42. The third-order valence-corrected chi connectivity index (χ3v) is 2.63. The molecule has 0 aliphatic carbocycles. The highest BCUT2D eigenvalue weighted by Gasteiger charge is 2.19. The van der Waals surface area contributed by atoms with E-state index in [1.807, 2.05) is 0 Å². The zero-order chi connectivity index (χ0) is 7.52. The largest absolute Gasteiger partial charge is 0.347 e. The molecule has 0 bridgehead atoms. The first-order valence-electron chi connectivity index (χ1n) is 3.48. The van der Waals surface area contributed by atoms with E-state index in [1.54, 1.807) is 12.4 Å². The van der Waals surface area contributed by atoms with E-state index in [4.69, 9.17) is 9.47 Å². The maximum atomic E-state index is 5.25. The number of nitrogens with zero attached hydrogens (tertiary/aromatic N) is 2. The Hall–Kier alpha value is -0.310. The van der Waals surface area contributed by atoms with Crippen molar-refractivity contribution in [1.29, 1.82) is 0 Å². The van der Waals surface area contributed by atoms with Crippen molar-refractivity contribution in [3.63, 3.8) is 0 Å². The van der Waals surface area contributed by atoms with E-state index < -0.39 is 0 Å². The van der Waals surface area contributed by atoms with Gasteiger partial charge in [-0.2, -0.15) is 0 Å². The summed E-state index contributed by atoms with van der Waals surface area (Å²) in [6, 6.07) is 0. The van der Waals surface area contributed by atoms with Crippen LogP contribution in [0, 0.1) is 0 Å². The van der Waals surface area contributed by atoms with Crippen LogP contribution in [0.4, 0.5) is 0 Å². The van der Waals surface area contributed by atoms with Crippen LogP contribution in [-0.4, -0.2) is 37.6 Å². The molecule has 2 atom stereocenters. The van der Waals surface area contributed by atoms with Gasteiger partial charge in [-0.15, -0.1) is 0 Å². The van der Waals surface area contributed by atoms with E-state index in [1.165, 1.54) is 0 Å². The van der Waals surface area contributed by atoms with Crippen LogP contribution in [0.25, 0.3) is 0 Å². The number of hydrogen-bond acceptors (Lipinski definition) is 4. The van der Waals surface area contributed by atoms with Crippen molar-refractivity contribution in [3.8, 4) is 0 Å². The van der Waals surface area contributed by atoms with E-state index in [-0.39, 0.29) is 11.9 Å². The highest BCUT2D eigenvalue weighted by Crippen LogP contribution is 2.31. The Labute approximate surface area is 66.5 Å². The van der Waals surface area contributed by atoms with E-state index in [2.05, 4.69) is 9.98 Å². The van der Waals surface area contributed by atoms with Crippen molar-refractivity contribution in [3.05, 3.63) is 0 Å². The first-order chi connectivity index (χ1) is 5.45. The van der Waals surface area contributed by atoms with Gasteiger partial charge in [0.05, 0.1) is 13.2 Å². The summed E-state index contributed by atoms with van der Waals surface area (Å²) in [4.78, 5) is 8.22. The minimum atomic E-state index is -0.00440. The fourth-order valence-electron chi connectivity index (χ4n) is 0.936. The van der Waals surface area contributed by atoms with Gasteiger partial charge in [0.15, 0.2) is 11.9 Å². The highest BCUT2D eigenvalue weighted by molar-refractivity contribution is 7.39. The Bertz CT molecular complexity index is 175. The lowest BCUT2D eigenvalue weighted by atomic mass is 10.8. The molecule has 2 aliphatic rings. The summed E-state index contributed by atoms with van der Waals surface area (Å²) in [5.41, 5.74) is 0. The van der Waals surface area contributed by atoms with Crippen LogP contribution in [0.15, 0.2) is 9.98 Å². The number of ether oxygens (including phenoxy) is 2. The molecule has 0 radical (unpaired) electrons. The Morgan fingerprint density at radius 1 is 1.09 bits per heavy atom. The minimum absolute atomic E-state index is 0.00440. The van der Waals surface area contributed by atoms with Crippen LogP contribution in [0.2, 0.25) is 0 Å². The van der Waals surface area contributed by atoms with Crippen molar-refractivity contribution < 1.29 is 9.47 Å². The second-order valence-corrected chi connectivity index (χ2v) is 3.52. The molecule has 11 heavy (non-hydrogen) atoms. The molecule has 0 saturated carbocycles. The van der Waals surface area contributed by atoms with Crippen molar-refractivity contribution >= 4 is 21.0 Å². The summed E-state index contributed by atoms with van der Waals surface area (Å²) in [7, 11) is 0.499. The lowest BCUT2D eigenvalue weighted by Gasteiger charge is -2.10. The summed E-state index contributed by atoms with van der Waals surface area (Å²) in [5, 5.41) is 0. The Kier molecular flexibility index (Phi) is 2.26. The molecule has 4 nitrogen and oxygen atoms in total. The van der Waals surface area contributed by atoms with Gasteiger partial charge >= 0.3 is 0 Å². The standard InChI is InChI=1S/C6H9N2O2P/c1-3-9-5(7-1)11-6-8-2-4-10-6/h1-2,5-6,11H,3-4H2. The predicted molar refractivity (Wildman–Crippen MR) is 44.8 cm³/mol. The average Bonchev–Trinajstić information content (AvgIpc) is 2.60. The SMILES string of the molecule is C1=NC(PC2N=CCO2)OC1. The van der Waals surface area contributed by atoms with Gasteiger partial charge in [0.25, 0.3) is 0 Å². The summed E-state index contributed by atoms with van der Waals surface area (Å²) in [6.45, 7) is 1.27. The van der Waals surface area contributed by atoms with Gasteiger partial charge in [0.1, 0.15) is 0 Å². The van der Waals surface area contributed by atoms with Crippen molar-refractivity contribution in [2.75, 3.05) is 13.2 Å². The van der Waals surface area contributed by atoms with E-state index >= 15 is 0 Å². The minimum Gasteiger partial charge on any atom is -0.347 e. The van der Waals surface area contributed by atoms with Crippen molar-refractivity contribution in [2.24, 2.45) is 9.98 Å². The summed E-state index contributed by atoms with van der Waals surface area (Å²) >= 11 is 0. The van der Waals surface area contributed by atoms with Gasteiger partial charge in [-0.05, 0) is 8.58 Å². The molecular weight excluding hydrogens is 163 g/mol. The molecule has 2 unspecified atom stereocenters. The van der Waals surface area contributed by atoms with Crippen LogP contribution >= 0.6 is 8.58 Å². The quantitative estimate of drug-likeness (QED) is 0.567. The number of hydrogen-bond donors (Lipinski definition) is 0. The molecule has 2 heterocycles. The maximum Gasteiger partial charge on any atom is 0.168 e. The highest BCUT2D eigenvalue weighted by atomic mass is 31.1. The molecule has 0 aromatic carbocycles. The van der Waals surface area contributed by atoms with Crippen LogP contribution in [0.5, 0.6) is 0 Å². The first kappa shape index (κ1) is 7.35. The Morgan fingerprint density at radius 3 is 2.00 bits per heavy atom. The predicted octanol–water partition coefficient (Wildman–Crippen LogP) is 0.434. The van der Waals surface area contributed by atoms with Gasteiger partial charge in [-0.3, -0.25) is 9.98 Å². The molecule has 0 N–H and O–H groups in total. The first-order valence-corrected chi connectivity index (χ1v) is 4.63. The monoisotopic (exact) mass is 172 g/mol. The third kappa shape index (κ3) is 1.83. The molecule has 0 aromatic rings. The molecule has 2 aliphatic heterocycles. The summed E-state index contributed by atoms with van der Waals surface area (Å²) in [6.07, 6.45) is 3.58.